The molecule has 5 nitrogen and oxygen atoms in total. The summed E-state index contributed by atoms with van der Waals surface area (Å²) < 4.78 is 53.9. The van der Waals surface area contributed by atoms with Crippen LogP contribution < -0.4 is 0 Å². The Labute approximate surface area is 330 Å². The smallest absolute Gasteiger partial charge is 0.433 e. The summed E-state index contributed by atoms with van der Waals surface area (Å²) >= 11 is 5.01. The van der Waals surface area contributed by atoms with E-state index in [1.54, 1.807) is 24.3 Å². The second-order valence-corrected chi connectivity index (χ2v) is 15.7. The van der Waals surface area contributed by atoms with Crippen LogP contribution in [0.15, 0.2) is 142 Å². The molecule has 0 amide bonds. The van der Waals surface area contributed by atoms with Crippen molar-refractivity contribution in [3.8, 4) is 29.3 Å². The first-order chi connectivity index (χ1) is 26.8. The van der Waals surface area contributed by atoms with Crippen LogP contribution in [0.3, 0.4) is 0 Å². The van der Waals surface area contributed by atoms with Gasteiger partial charge in [-0.1, -0.05) is 105 Å². The largest absolute Gasteiger partial charge is 0.473 e. The molecule has 1 aliphatic heterocycles. The summed E-state index contributed by atoms with van der Waals surface area (Å²) in [6, 6.07) is 26.0. The normalized spacial score (nSPS) is 23.1. The molecule has 3 aliphatic rings. The Hall–Kier alpha value is -5.95. The molecular weight excluding hydrogens is 726 g/mol. The van der Waals surface area contributed by atoms with Crippen LogP contribution in [0, 0.1) is 58.2 Å². The van der Waals surface area contributed by atoms with Crippen molar-refractivity contribution in [2.24, 2.45) is 17.3 Å². The zero-order valence-electron chi connectivity index (χ0n) is 31.2. The fourth-order valence-corrected chi connectivity index (χ4v) is 8.85. The monoisotopic (exact) mass is 764 g/mol. The average Bonchev–Trinajstić information content (AvgIpc) is 3.67. The summed E-state index contributed by atoms with van der Waals surface area (Å²) in [4.78, 5) is 0.728. The number of ether oxygens (including phenoxy) is 1. The minimum absolute atomic E-state index is 0.152. The average molecular weight is 765 g/mol. The lowest BCUT2D eigenvalue weighted by atomic mass is 9.73. The van der Waals surface area contributed by atoms with Crippen molar-refractivity contribution in [2.75, 3.05) is 0 Å². The molecule has 3 atom stereocenters. The van der Waals surface area contributed by atoms with Crippen molar-refractivity contribution in [3.63, 3.8) is 0 Å². The van der Waals surface area contributed by atoms with E-state index in [4.69, 9.17) is 17.4 Å². The van der Waals surface area contributed by atoms with Crippen LogP contribution >= 0.6 is 12.6 Å². The number of aromatic nitrogens is 1. The third kappa shape index (κ3) is 6.59. The molecule has 280 valence electrons. The highest BCUT2D eigenvalue weighted by molar-refractivity contribution is 7.84. The minimum atomic E-state index is -4.98. The van der Waals surface area contributed by atoms with Crippen LogP contribution in [-0.2, 0) is 4.74 Å². The molecule has 7 rings (SSSR count). The summed E-state index contributed by atoms with van der Waals surface area (Å²) in [7, 11) is 0. The van der Waals surface area contributed by atoms with Gasteiger partial charge in [0.25, 0.3) is 0 Å². The Morgan fingerprint density at radius 1 is 0.964 bits per heavy atom. The van der Waals surface area contributed by atoms with Gasteiger partial charge in [0, 0.05) is 27.8 Å². The second-order valence-electron chi connectivity index (χ2n) is 15.2. The summed E-state index contributed by atoms with van der Waals surface area (Å²) in [5.74, 6) is -3.67. The first kappa shape index (κ1) is 38.3. The van der Waals surface area contributed by atoms with E-state index in [2.05, 4.69) is 86.0 Å². The Morgan fingerprint density at radius 2 is 1.71 bits per heavy atom. The van der Waals surface area contributed by atoms with E-state index >= 15 is 13.2 Å². The highest BCUT2D eigenvalue weighted by Crippen LogP contribution is 2.57. The molecule has 0 N–H and O–H groups in total. The highest BCUT2D eigenvalue weighted by atomic mass is 32.1. The number of alkyl halides is 3. The van der Waals surface area contributed by atoms with E-state index < -0.39 is 34.9 Å². The lowest BCUT2D eigenvalue weighted by Gasteiger charge is -2.37. The fraction of sp³-hybridized carbons (Fsp3) is 0.255. The van der Waals surface area contributed by atoms with Crippen LogP contribution in [0.5, 0.6) is 0 Å². The third-order valence-corrected chi connectivity index (χ3v) is 11.6. The number of hydrogen-bond acceptors (Lipinski definition) is 5. The molecule has 2 aliphatic carbocycles. The second kappa shape index (κ2) is 14.9. The van der Waals surface area contributed by atoms with Gasteiger partial charge in [0.05, 0.1) is 17.7 Å². The predicted octanol–water partition coefficient (Wildman–Crippen LogP) is 12.2. The fourth-order valence-electron chi connectivity index (χ4n) is 8.54. The van der Waals surface area contributed by atoms with Crippen LogP contribution in [0.4, 0.5) is 13.2 Å². The maximum absolute atomic E-state index is 15.4. The Kier molecular flexibility index (Phi) is 10.2. The number of rotatable bonds is 6. The van der Waals surface area contributed by atoms with E-state index in [9.17, 15) is 15.8 Å². The van der Waals surface area contributed by atoms with E-state index in [1.165, 1.54) is 24.3 Å². The van der Waals surface area contributed by atoms with Gasteiger partial charge in [-0.25, -0.2) is 0 Å². The van der Waals surface area contributed by atoms with E-state index in [0.717, 1.165) is 61.1 Å². The molecule has 3 unspecified atom stereocenters. The van der Waals surface area contributed by atoms with Crippen molar-refractivity contribution < 1.29 is 17.9 Å². The van der Waals surface area contributed by atoms with E-state index in [1.807, 2.05) is 24.3 Å². The number of fused-ring (bicyclic) bond motifs is 2. The van der Waals surface area contributed by atoms with Gasteiger partial charge in [0.2, 0.25) is 5.60 Å². The van der Waals surface area contributed by atoms with Crippen molar-refractivity contribution >= 4 is 35.0 Å². The molecule has 2 aromatic carbocycles. The number of halogens is 3. The third-order valence-electron chi connectivity index (χ3n) is 11.0. The molecule has 2 aromatic heterocycles. The van der Waals surface area contributed by atoms with Crippen LogP contribution in [0.25, 0.3) is 33.5 Å². The SMILES string of the molecule is Cc1c(-c2cccc3ccccc23)c(/C=C/C2=C(S)C(=C/C=C/C3C(C#N)C(=C(C#N)C#N)OC3(C3=CCCC=C3)C(F)(F)F)/CC(C)(C)C2)n2ccccc12. The van der Waals surface area contributed by atoms with Crippen molar-refractivity contribution in [3.05, 3.63) is 154 Å². The van der Waals surface area contributed by atoms with Gasteiger partial charge >= 0.3 is 6.18 Å². The van der Waals surface area contributed by atoms with Crippen LogP contribution in [0.1, 0.15) is 50.8 Å². The number of hydrogen-bond donors (Lipinski definition) is 1. The van der Waals surface area contributed by atoms with Crippen molar-refractivity contribution in [1.82, 2.24) is 4.40 Å². The van der Waals surface area contributed by atoms with Crippen molar-refractivity contribution in [1.29, 1.82) is 15.8 Å². The number of benzene rings is 2. The molecule has 1 saturated heterocycles. The van der Waals surface area contributed by atoms with Gasteiger partial charge in [-0.05, 0) is 89.3 Å². The predicted molar refractivity (Wildman–Crippen MR) is 218 cm³/mol. The zero-order chi connectivity index (χ0) is 39.8. The van der Waals surface area contributed by atoms with Crippen molar-refractivity contribution in [2.45, 2.75) is 58.2 Å². The molecule has 0 radical (unpaired) electrons. The van der Waals surface area contributed by atoms with E-state index in [0.29, 0.717) is 19.3 Å². The lowest BCUT2D eigenvalue weighted by molar-refractivity contribution is -0.247. The topological polar surface area (TPSA) is 85.0 Å². The van der Waals surface area contributed by atoms with Crippen LogP contribution in [-0.4, -0.2) is 16.2 Å². The standard InChI is InChI=1S/C47H39F3N4OS/c1-30-40-21-9-10-24-54(40)41(42(30)37-19-11-14-31-13-7-8-18-36(31)37)23-22-33-26-45(2,3)25-32(44(33)56)15-12-20-39-38(29-53)43(34(27-51)28-52)55-46(39,47(48,49)50)35-16-5-4-6-17-35/h5,7-24,38-39,56H,4,6,25-26H2,1-3H3/b20-12+,23-22+,32-15+. The summed E-state index contributed by atoms with van der Waals surface area (Å²) in [6.07, 6.45) is 12.6. The summed E-state index contributed by atoms with van der Waals surface area (Å²) in [6.45, 7) is 6.43. The number of thiol groups is 1. The summed E-state index contributed by atoms with van der Waals surface area (Å²) in [5.41, 5.74) is 3.38. The maximum atomic E-state index is 15.4. The number of allylic oxidation sites excluding steroid dienone is 9. The molecule has 4 aromatic rings. The molecule has 0 saturated carbocycles. The molecule has 3 heterocycles. The van der Waals surface area contributed by atoms with Gasteiger partial charge in [-0.3, -0.25) is 0 Å². The maximum Gasteiger partial charge on any atom is 0.433 e. The number of aryl methyl sites for hydroxylation is 1. The highest BCUT2D eigenvalue weighted by Gasteiger charge is 2.69. The minimum Gasteiger partial charge on any atom is -0.473 e. The van der Waals surface area contributed by atoms with Crippen LogP contribution in [0.2, 0.25) is 0 Å². The van der Waals surface area contributed by atoms with Gasteiger partial charge in [0.15, 0.2) is 5.57 Å². The zero-order valence-corrected chi connectivity index (χ0v) is 32.1. The first-order valence-electron chi connectivity index (χ1n) is 18.5. The van der Waals surface area contributed by atoms with Gasteiger partial charge < -0.3 is 9.14 Å². The summed E-state index contributed by atoms with van der Waals surface area (Å²) in [5, 5.41) is 31.8. The molecule has 0 bridgehead atoms. The first-order valence-corrected chi connectivity index (χ1v) is 18.9. The number of nitriles is 3. The molecule has 1 fully saturated rings. The van der Waals surface area contributed by atoms with E-state index in [-0.39, 0.29) is 11.0 Å². The Balaban J connectivity index is 1.32. The Morgan fingerprint density at radius 3 is 2.43 bits per heavy atom. The molecule has 9 heteroatoms. The van der Waals surface area contributed by atoms with Gasteiger partial charge in [0.1, 0.15) is 23.8 Å². The number of nitrogens with zero attached hydrogens (tertiary/aromatic N) is 4. The molecule has 56 heavy (non-hydrogen) atoms. The van der Waals surface area contributed by atoms with Gasteiger partial charge in [-0.15, -0.1) is 12.6 Å². The number of pyridine rings is 1. The quantitative estimate of drug-likeness (QED) is 0.156. The molecular formula is C47H39F3N4OS. The lowest BCUT2D eigenvalue weighted by Crippen LogP contribution is -2.51. The molecule has 0 spiro atoms. The Bertz CT molecular complexity index is 2590. The van der Waals surface area contributed by atoms with Gasteiger partial charge in [-0.2, -0.15) is 29.0 Å².